The van der Waals surface area contributed by atoms with Crippen LogP contribution in [0, 0.1) is 0 Å². The molecule has 2 aromatic heterocycles. The molecule has 0 aliphatic heterocycles. The minimum Gasteiger partial charge on any atom is -0.325 e. The fourth-order valence-electron chi connectivity index (χ4n) is 3.08. The zero-order chi connectivity index (χ0) is 20.9. The Hall–Kier alpha value is -2.90. The Bertz CT molecular complexity index is 1120. The molecule has 1 atom stereocenters. The van der Waals surface area contributed by atoms with Gasteiger partial charge >= 0.3 is 0 Å². The van der Waals surface area contributed by atoms with Crippen LogP contribution in [0.15, 0.2) is 77.3 Å². The Morgan fingerprint density at radius 3 is 2.60 bits per heavy atom. The third kappa shape index (κ3) is 4.63. The summed E-state index contributed by atoms with van der Waals surface area (Å²) < 4.78 is 1.96. The standard InChI is InChI=1S/C23H22N4OS2/c1-16(30-23-26-25-21(27(23)2)15-18-11-8-14-29-18)22(28)24-20-13-7-6-12-19(20)17-9-4-3-5-10-17/h3-14,16H,15H2,1-2H3,(H,24,28)/t16-/m1/s1. The molecule has 0 fully saturated rings. The van der Waals surface area contributed by atoms with Crippen molar-refractivity contribution in [2.75, 3.05) is 5.32 Å². The number of nitrogens with one attached hydrogen (secondary N) is 1. The number of nitrogens with zero attached hydrogens (tertiary/aromatic N) is 3. The van der Waals surface area contributed by atoms with Crippen molar-refractivity contribution in [1.82, 2.24) is 14.8 Å². The van der Waals surface area contributed by atoms with Crippen molar-refractivity contribution < 1.29 is 4.79 Å². The van der Waals surface area contributed by atoms with Gasteiger partial charge in [-0.2, -0.15) is 0 Å². The largest absolute Gasteiger partial charge is 0.325 e. The molecule has 7 heteroatoms. The molecule has 2 heterocycles. The van der Waals surface area contributed by atoms with Gasteiger partial charge in [0.1, 0.15) is 5.82 Å². The average Bonchev–Trinajstić information content (AvgIpc) is 3.40. The van der Waals surface area contributed by atoms with E-state index < -0.39 is 0 Å². The Balaban J connectivity index is 1.45. The van der Waals surface area contributed by atoms with Crippen LogP contribution >= 0.6 is 23.1 Å². The lowest BCUT2D eigenvalue weighted by molar-refractivity contribution is -0.115. The quantitative estimate of drug-likeness (QED) is 0.403. The molecule has 0 saturated heterocycles. The summed E-state index contributed by atoms with van der Waals surface area (Å²) in [5, 5.41) is 14.2. The highest BCUT2D eigenvalue weighted by molar-refractivity contribution is 8.00. The van der Waals surface area contributed by atoms with E-state index in [1.54, 1.807) is 11.3 Å². The van der Waals surface area contributed by atoms with Gasteiger partial charge in [0.25, 0.3) is 0 Å². The smallest absolute Gasteiger partial charge is 0.237 e. The van der Waals surface area contributed by atoms with E-state index in [0.29, 0.717) is 0 Å². The van der Waals surface area contributed by atoms with Crippen molar-refractivity contribution in [3.05, 3.63) is 82.8 Å². The number of carbonyl (C=O) groups is 1. The summed E-state index contributed by atoms with van der Waals surface area (Å²) in [6.45, 7) is 1.89. The predicted octanol–water partition coefficient (Wildman–Crippen LogP) is 5.25. The fourth-order valence-corrected chi connectivity index (χ4v) is 4.61. The summed E-state index contributed by atoms with van der Waals surface area (Å²) in [5.41, 5.74) is 2.87. The molecule has 0 saturated carbocycles. The van der Waals surface area contributed by atoms with E-state index in [1.165, 1.54) is 16.6 Å². The Kier molecular flexibility index (Phi) is 6.30. The Labute approximate surface area is 184 Å². The monoisotopic (exact) mass is 434 g/mol. The zero-order valence-corrected chi connectivity index (χ0v) is 18.4. The highest BCUT2D eigenvalue weighted by Crippen LogP contribution is 2.29. The summed E-state index contributed by atoms with van der Waals surface area (Å²) in [7, 11) is 1.95. The minimum atomic E-state index is -0.314. The fraction of sp³-hybridized carbons (Fsp3) is 0.174. The van der Waals surface area contributed by atoms with Crippen LogP contribution in [0.5, 0.6) is 0 Å². The predicted molar refractivity (Wildman–Crippen MR) is 124 cm³/mol. The van der Waals surface area contributed by atoms with Crippen LogP contribution in [0.3, 0.4) is 0 Å². The highest BCUT2D eigenvalue weighted by Gasteiger charge is 2.20. The van der Waals surface area contributed by atoms with Crippen LogP contribution in [0.25, 0.3) is 11.1 Å². The van der Waals surface area contributed by atoms with Gasteiger partial charge in [0.05, 0.1) is 5.25 Å². The van der Waals surface area contributed by atoms with Crippen molar-refractivity contribution >= 4 is 34.7 Å². The Morgan fingerprint density at radius 2 is 1.83 bits per heavy atom. The first-order chi connectivity index (χ1) is 14.6. The first-order valence-electron chi connectivity index (χ1n) is 9.64. The molecular formula is C23H22N4OS2. The van der Waals surface area contributed by atoms with Gasteiger partial charge in [-0.1, -0.05) is 66.4 Å². The van der Waals surface area contributed by atoms with E-state index in [9.17, 15) is 4.79 Å². The molecule has 0 aliphatic rings. The number of amides is 1. The maximum atomic E-state index is 12.9. The lowest BCUT2D eigenvalue weighted by atomic mass is 10.0. The van der Waals surface area contributed by atoms with Crippen LogP contribution in [0.1, 0.15) is 17.6 Å². The molecule has 1 amide bonds. The molecule has 152 valence electrons. The van der Waals surface area contributed by atoms with Gasteiger partial charge in [-0.05, 0) is 30.0 Å². The first kappa shape index (κ1) is 20.4. The number of thioether (sulfide) groups is 1. The third-order valence-corrected chi connectivity index (χ3v) is 6.77. The summed E-state index contributed by atoms with van der Waals surface area (Å²) in [6, 6.07) is 22.0. The van der Waals surface area contributed by atoms with Crippen molar-refractivity contribution in [2.45, 2.75) is 23.8 Å². The molecule has 4 rings (SSSR count). The second-order valence-electron chi connectivity index (χ2n) is 6.87. The van der Waals surface area contributed by atoms with Crippen LogP contribution < -0.4 is 5.32 Å². The van der Waals surface area contributed by atoms with E-state index in [0.717, 1.165) is 34.2 Å². The number of benzene rings is 2. The number of thiophene rings is 1. The van der Waals surface area contributed by atoms with Crippen molar-refractivity contribution in [3.8, 4) is 11.1 Å². The van der Waals surface area contributed by atoms with Crippen molar-refractivity contribution in [1.29, 1.82) is 0 Å². The maximum absolute atomic E-state index is 12.9. The van der Waals surface area contributed by atoms with Gasteiger partial charge in [0, 0.05) is 29.6 Å². The summed E-state index contributed by atoms with van der Waals surface area (Å²) in [4.78, 5) is 14.1. The number of anilines is 1. The SMILES string of the molecule is C[C@@H](Sc1nnc(Cc2cccs2)n1C)C(=O)Nc1ccccc1-c1ccccc1. The van der Waals surface area contributed by atoms with Gasteiger partial charge in [-0.25, -0.2) is 0 Å². The van der Waals surface area contributed by atoms with Crippen LogP contribution in [-0.4, -0.2) is 25.9 Å². The second-order valence-corrected chi connectivity index (χ2v) is 9.22. The van der Waals surface area contributed by atoms with E-state index in [4.69, 9.17) is 0 Å². The number of para-hydroxylation sites is 1. The zero-order valence-electron chi connectivity index (χ0n) is 16.8. The number of hydrogen-bond acceptors (Lipinski definition) is 5. The second kappa shape index (κ2) is 9.28. The van der Waals surface area contributed by atoms with Crippen molar-refractivity contribution in [2.24, 2.45) is 7.05 Å². The summed E-state index contributed by atoms with van der Waals surface area (Å²) in [6.07, 6.45) is 0.743. The maximum Gasteiger partial charge on any atom is 0.237 e. The lowest BCUT2D eigenvalue weighted by Crippen LogP contribution is -2.23. The van der Waals surface area contributed by atoms with Gasteiger partial charge < -0.3 is 9.88 Å². The number of rotatable bonds is 7. The lowest BCUT2D eigenvalue weighted by Gasteiger charge is -2.14. The van der Waals surface area contributed by atoms with Gasteiger partial charge in [-0.15, -0.1) is 21.5 Å². The molecule has 30 heavy (non-hydrogen) atoms. The summed E-state index contributed by atoms with van der Waals surface area (Å²) in [5.74, 6) is 0.827. The molecule has 1 N–H and O–H groups in total. The molecule has 2 aromatic carbocycles. The first-order valence-corrected chi connectivity index (χ1v) is 11.4. The third-order valence-electron chi connectivity index (χ3n) is 4.76. The highest BCUT2D eigenvalue weighted by atomic mass is 32.2. The number of carbonyl (C=O) groups excluding carboxylic acids is 1. The average molecular weight is 435 g/mol. The molecular weight excluding hydrogens is 412 g/mol. The van der Waals surface area contributed by atoms with Gasteiger partial charge in [0.2, 0.25) is 5.91 Å². The van der Waals surface area contributed by atoms with Crippen LogP contribution in [-0.2, 0) is 18.3 Å². The van der Waals surface area contributed by atoms with E-state index in [1.807, 2.05) is 79.2 Å². The summed E-state index contributed by atoms with van der Waals surface area (Å²) >= 11 is 3.12. The normalized spacial score (nSPS) is 11.9. The number of aromatic nitrogens is 3. The van der Waals surface area contributed by atoms with Gasteiger partial charge in [-0.3, -0.25) is 4.79 Å². The molecule has 0 bridgehead atoms. The number of hydrogen-bond donors (Lipinski definition) is 1. The molecule has 0 spiro atoms. The molecule has 0 unspecified atom stereocenters. The molecule has 0 radical (unpaired) electrons. The van der Waals surface area contributed by atoms with E-state index >= 15 is 0 Å². The topological polar surface area (TPSA) is 59.8 Å². The van der Waals surface area contributed by atoms with Crippen molar-refractivity contribution in [3.63, 3.8) is 0 Å². The Morgan fingerprint density at radius 1 is 1.07 bits per heavy atom. The molecule has 0 aliphatic carbocycles. The van der Waals surface area contributed by atoms with Crippen LogP contribution in [0.2, 0.25) is 0 Å². The minimum absolute atomic E-state index is 0.0637. The molecule has 5 nitrogen and oxygen atoms in total. The van der Waals surface area contributed by atoms with Gasteiger partial charge in [0.15, 0.2) is 5.16 Å². The van der Waals surface area contributed by atoms with E-state index in [2.05, 4.69) is 27.0 Å². The molecule has 4 aromatic rings. The van der Waals surface area contributed by atoms with Crippen LogP contribution in [0.4, 0.5) is 5.69 Å². The van der Waals surface area contributed by atoms with E-state index in [-0.39, 0.29) is 11.2 Å².